The third-order valence-corrected chi connectivity index (χ3v) is 4.85. The Morgan fingerprint density at radius 2 is 1.83 bits per heavy atom. The topological polar surface area (TPSA) is 71.1 Å². The maximum absolute atomic E-state index is 12.4. The monoisotopic (exact) mass is 397 g/mol. The molecule has 7 heteroatoms. The second-order valence-corrected chi connectivity index (χ2v) is 7.11. The predicted octanol–water partition coefficient (Wildman–Crippen LogP) is 2.90. The molecule has 0 atom stereocenters. The van der Waals surface area contributed by atoms with Crippen molar-refractivity contribution in [2.24, 2.45) is 0 Å². The van der Waals surface area contributed by atoms with E-state index in [-0.39, 0.29) is 18.4 Å². The summed E-state index contributed by atoms with van der Waals surface area (Å²) in [5.74, 6) is 1.40. The van der Waals surface area contributed by atoms with Crippen LogP contribution in [0.2, 0.25) is 0 Å². The third kappa shape index (κ3) is 5.26. The number of nitrogens with one attached hydrogen (secondary N) is 1. The first kappa shape index (κ1) is 20.7. The van der Waals surface area contributed by atoms with Gasteiger partial charge in [0.15, 0.2) is 11.5 Å². The molecular weight excluding hydrogens is 370 g/mol. The van der Waals surface area contributed by atoms with E-state index >= 15 is 0 Å². The molecule has 0 bridgehead atoms. The zero-order valence-corrected chi connectivity index (χ0v) is 17.1. The van der Waals surface area contributed by atoms with E-state index < -0.39 is 0 Å². The number of benzene rings is 2. The van der Waals surface area contributed by atoms with Crippen LogP contribution in [0.25, 0.3) is 0 Å². The van der Waals surface area contributed by atoms with Gasteiger partial charge in [0.25, 0.3) is 0 Å². The molecule has 1 heterocycles. The van der Waals surface area contributed by atoms with E-state index in [1.807, 2.05) is 54.4 Å². The molecule has 0 unspecified atom stereocenters. The molecule has 1 saturated heterocycles. The first-order valence-electron chi connectivity index (χ1n) is 9.60. The van der Waals surface area contributed by atoms with Gasteiger partial charge in [-0.1, -0.05) is 6.07 Å². The number of hydrogen-bond donors (Lipinski definition) is 1. The molecule has 3 rings (SSSR count). The van der Waals surface area contributed by atoms with Crippen molar-refractivity contribution in [1.29, 1.82) is 0 Å². The number of nitrogens with zero attached hydrogens (tertiary/aromatic N) is 2. The first-order chi connectivity index (χ1) is 14.0. The van der Waals surface area contributed by atoms with E-state index in [1.165, 1.54) is 0 Å². The van der Waals surface area contributed by atoms with Crippen molar-refractivity contribution in [3.05, 3.63) is 48.0 Å². The van der Waals surface area contributed by atoms with Crippen LogP contribution in [-0.2, 0) is 16.1 Å². The standard InChI is InChI=1S/C22H27N3O4/c1-24(14-16-6-11-19(28-2)20(13-16)29-3)15-21(26)23-17-7-9-18(10-8-17)25-12-4-5-22(25)27/h6-11,13H,4-5,12,14-15H2,1-3H3,(H,23,26). The number of ether oxygens (including phenoxy) is 2. The molecule has 0 spiro atoms. The summed E-state index contributed by atoms with van der Waals surface area (Å²) in [6.07, 6.45) is 1.49. The Labute approximate surface area is 171 Å². The summed E-state index contributed by atoms with van der Waals surface area (Å²) in [7, 11) is 5.09. The van der Waals surface area contributed by atoms with Crippen LogP contribution in [0, 0.1) is 0 Å². The van der Waals surface area contributed by atoms with E-state index in [0.29, 0.717) is 30.2 Å². The highest BCUT2D eigenvalue weighted by molar-refractivity contribution is 5.96. The summed E-state index contributed by atoms with van der Waals surface area (Å²) < 4.78 is 10.6. The van der Waals surface area contributed by atoms with E-state index in [0.717, 1.165) is 24.2 Å². The fourth-order valence-corrected chi connectivity index (χ4v) is 3.44. The molecule has 29 heavy (non-hydrogen) atoms. The van der Waals surface area contributed by atoms with Crippen molar-refractivity contribution >= 4 is 23.2 Å². The van der Waals surface area contributed by atoms with E-state index in [4.69, 9.17) is 9.47 Å². The van der Waals surface area contributed by atoms with Gasteiger partial charge in [-0.25, -0.2) is 0 Å². The molecule has 0 saturated carbocycles. The van der Waals surface area contributed by atoms with Crippen molar-refractivity contribution in [2.75, 3.05) is 44.6 Å². The molecule has 0 aliphatic carbocycles. The lowest BCUT2D eigenvalue weighted by molar-refractivity contribution is -0.117. The van der Waals surface area contributed by atoms with Crippen LogP contribution in [0.5, 0.6) is 11.5 Å². The Balaban J connectivity index is 1.53. The Morgan fingerprint density at radius 1 is 1.10 bits per heavy atom. The molecule has 154 valence electrons. The quantitative estimate of drug-likeness (QED) is 0.742. The molecule has 1 fully saturated rings. The molecule has 1 aliphatic rings. The molecule has 1 N–H and O–H groups in total. The largest absolute Gasteiger partial charge is 0.493 e. The van der Waals surface area contributed by atoms with Gasteiger partial charge < -0.3 is 19.7 Å². The van der Waals surface area contributed by atoms with Crippen molar-refractivity contribution in [3.8, 4) is 11.5 Å². The van der Waals surface area contributed by atoms with Gasteiger partial charge in [0.05, 0.1) is 20.8 Å². The number of carbonyl (C=O) groups is 2. The van der Waals surface area contributed by atoms with E-state index in [1.54, 1.807) is 19.1 Å². The van der Waals surface area contributed by atoms with Crippen LogP contribution in [0.1, 0.15) is 18.4 Å². The van der Waals surface area contributed by atoms with Gasteiger partial charge >= 0.3 is 0 Å². The average Bonchev–Trinajstić information content (AvgIpc) is 3.14. The number of likely N-dealkylation sites (N-methyl/N-ethyl adjacent to an activating group) is 1. The number of hydrogen-bond acceptors (Lipinski definition) is 5. The normalized spacial score (nSPS) is 13.7. The minimum absolute atomic E-state index is 0.0991. The smallest absolute Gasteiger partial charge is 0.238 e. The van der Waals surface area contributed by atoms with Gasteiger partial charge in [-0.15, -0.1) is 0 Å². The molecule has 2 aromatic carbocycles. The molecule has 0 radical (unpaired) electrons. The SMILES string of the molecule is COc1ccc(CN(C)CC(=O)Nc2ccc(N3CCCC3=O)cc2)cc1OC. The van der Waals surface area contributed by atoms with Crippen LogP contribution in [0.15, 0.2) is 42.5 Å². The number of rotatable bonds is 8. The minimum atomic E-state index is -0.0991. The van der Waals surface area contributed by atoms with Crippen LogP contribution < -0.4 is 19.7 Å². The van der Waals surface area contributed by atoms with Crippen molar-refractivity contribution in [1.82, 2.24) is 4.90 Å². The zero-order chi connectivity index (χ0) is 20.8. The fourth-order valence-electron chi connectivity index (χ4n) is 3.44. The van der Waals surface area contributed by atoms with Gasteiger partial charge in [0, 0.05) is 30.9 Å². The van der Waals surface area contributed by atoms with Crippen LogP contribution >= 0.6 is 0 Å². The highest BCUT2D eigenvalue weighted by Crippen LogP contribution is 2.28. The van der Waals surface area contributed by atoms with E-state index in [9.17, 15) is 9.59 Å². The number of anilines is 2. The second kappa shape index (κ2) is 9.43. The Bertz CT molecular complexity index is 867. The summed E-state index contributed by atoms with van der Waals surface area (Å²) >= 11 is 0. The molecule has 2 amide bonds. The maximum Gasteiger partial charge on any atom is 0.238 e. The number of carbonyl (C=O) groups excluding carboxylic acids is 2. The Morgan fingerprint density at radius 3 is 2.45 bits per heavy atom. The Kier molecular flexibility index (Phi) is 6.72. The van der Waals surface area contributed by atoms with Gasteiger partial charge in [0.1, 0.15) is 0 Å². The lowest BCUT2D eigenvalue weighted by atomic mass is 10.2. The molecular formula is C22H27N3O4. The van der Waals surface area contributed by atoms with Gasteiger partial charge in [-0.2, -0.15) is 0 Å². The predicted molar refractivity (Wildman–Crippen MR) is 113 cm³/mol. The van der Waals surface area contributed by atoms with Gasteiger partial charge in [0.2, 0.25) is 11.8 Å². The zero-order valence-electron chi connectivity index (χ0n) is 17.1. The first-order valence-corrected chi connectivity index (χ1v) is 9.60. The van der Waals surface area contributed by atoms with Crippen molar-refractivity contribution in [2.45, 2.75) is 19.4 Å². The molecule has 0 aromatic heterocycles. The molecule has 1 aliphatic heterocycles. The number of methoxy groups -OCH3 is 2. The van der Waals surface area contributed by atoms with Gasteiger partial charge in [-0.05, 0) is 55.4 Å². The maximum atomic E-state index is 12.4. The number of amides is 2. The van der Waals surface area contributed by atoms with Crippen LogP contribution in [-0.4, -0.2) is 51.1 Å². The highest BCUT2D eigenvalue weighted by atomic mass is 16.5. The fraction of sp³-hybridized carbons (Fsp3) is 0.364. The highest BCUT2D eigenvalue weighted by Gasteiger charge is 2.21. The average molecular weight is 397 g/mol. The van der Waals surface area contributed by atoms with E-state index in [2.05, 4.69) is 5.32 Å². The minimum Gasteiger partial charge on any atom is -0.493 e. The lowest BCUT2D eigenvalue weighted by Gasteiger charge is -2.18. The summed E-state index contributed by atoms with van der Waals surface area (Å²) in [5.41, 5.74) is 2.61. The summed E-state index contributed by atoms with van der Waals surface area (Å²) in [6, 6.07) is 13.1. The third-order valence-electron chi connectivity index (χ3n) is 4.85. The van der Waals surface area contributed by atoms with Crippen molar-refractivity contribution < 1.29 is 19.1 Å². The Hall–Kier alpha value is -3.06. The second-order valence-electron chi connectivity index (χ2n) is 7.11. The van der Waals surface area contributed by atoms with Gasteiger partial charge in [-0.3, -0.25) is 14.5 Å². The summed E-state index contributed by atoms with van der Waals surface area (Å²) in [6.45, 7) is 1.61. The summed E-state index contributed by atoms with van der Waals surface area (Å²) in [4.78, 5) is 27.9. The molecule has 7 nitrogen and oxygen atoms in total. The van der Waals surface area contributed by atoms with Crippen LogP contribution in [0.4, 0.5) is 11.4 Å². The molecule has 2 aromatic rings. The van der Waals surface area contributed by atoms with Crippen LogP contribution in [0.3, 0.4) is 0 Å². The van der Waals surface area contributed by atoms with Crippen molar-refractivity contribution in [3.63, 3.8) is 0 Å². The summed E-state index contributed by atoms with van der Waals surface area (Å²) in [5, 5.41) is 2.90. The lowest BCUT2D eigenvalue weighted by Crippen LogP contribution is -2.29.